The summed E-state index contributed by atoms with van der Waals surface area (Å²) in [7, 11) is 0. The zero-order chi connectivity index (χ0) is 28.4. The molecule has 2 aliphatic heterocycles. The first-order chi connectivity index (χ1) is 19.3. The van der Waals surface area contributed by atoms with Crippen molar-refractivity contribution < 1.29 is 23.0 Å². The number of amides is 1. The van der Waals surface area contributed by atoms with Crippen molar-refractivity contribution in [1.82, 2.24) is 14.9 Å². The Balaban J connectivity index is 1.54. The molecular formula is C30H33F2N5O3. The topological polar surface area (TPSA) is 91.6 Å². The highest BCUT2D eigenvalue weighted by Gasteiger charge is 2.33. The summed E-state index contributed by atoms with van der Waals surface area (Å²) < 4.78 is 39.8. The molecule has 10 heteroatoms. The molecule has 3 aromatic rings. The number of halogens is 2. The van der Waals surface area contributed by atoms with Crippen LogP contribution in [0.3, 0.4) is 0 Å². The van der Waals surface area contributed by atoms with Crippen molar-refractivity contribution in [2.75, 3.05) is 37.7 Å². The van der Waals surface area contributed by atoms with Crippen LogP contribution in [-0.4, -0.2) is 65.8 Å². The van der Waals surface area contributed by atoms with E-state index in [4.69, 9.17) is 19.4 Å². The summed E-state index contributed by atoms with van der Waals surface area (Å²) in [5.41, 5.74) is 1.85. The molecule has 0 saturated carbocycles. The van der Waals surface area contributed by atoms with Gasteiger partial charge in [-0.15, -0.1) is 0 Å². The Morgan fingerprint density at radius 3 is 2.50 bits per heavy atom. The van der Waals surface area contributed by atoms with E-state index >= 15 is 0 Å². The molecule has 1 atom stereocenters. The zero-order valence-electron chi connectivity index (χ0n) is 23.0. The van der Waals surface area contributed by atoms with Gasteiger partial charge in [-0.1, -0.05) is 13.8 Å². The van der Waals surface area contributed by atoms with Gasteiger partial charge in [0.15, 0.2) is 17.5 Å². The largest absolute Gasteiger partial charge is 0.489 e. The van der Waals surface area contributed by atoms with Gasteiger partial charge in [0.2, 0.25) is 5.91 Å². The van der Waals surface area contributed by atoms with E-state index in [9.17, 15) is 18.8 Å². The van der Waals surface area contributed by atoms with Crippen LogP contribution in [0.1, 0.15) is 45.6 Å². The smallest absolute Gasteiger partial charge is 0.225 e. The highest BCUT2D eigenvalue weighted by molar-refractivity contribution is 5.84. The van der Waals surface area contributed by atoms with Gasteiger partial charge in [-0.25, -0.2) is 18.7 Å². The molecule has 2 aromatic carbocycles. The zero-order valence-corrected chi connectivity index (χ0v) is 23.0. The Bertz CT molecular complexity index is 1450. The highest BCUT2D eigenvalue weighted by atomic mass is 19.2. The molecule has 0 N–H and O–H groups in total. The SMILES string of the molecule is CCN(C(=O)C(C)C)[C@H]1CCN(c2nc3cc(F)c(F)cc3nc2-c2ccc(OC3CCOCC3)c(C#N)c2)C1. The number of hydrogen-bond donors (Lipinski definition) is 0. The molecule has 40 heavy (non-hydrogen) atoms. The number of fused-ring (bicyclic) bond motifs is 1. The predicted molar refractivity (Wildman–Crippen MR) is 147 cm³/mol. The molecule has 0 spiro atoms. The summed E-state index contributed by atoms with van der Waals surface area (Å²) in [6, 6.07) is 9.54. The number of aromatic nitrogens is 2. The fraction of sp³-hybridized carbons (Fsp3) is 0.467. The third-order valence-corrected chi connectivity index (χ3v) is 7.54. The highest BCUT2D eigenvalue weighted by Crippen LogP contribution is 2.35. The molecule has 210 valence electrons. The molecule has 8 nitrogen and oxygen atoms in total. The minimum Gasteiger partial charge on any atom is -0.489 e. The van der Waals surface area contributed by atoms with Crippen molar-refractivity contribution in [2.45, 2.75) is 52.2 Å². The predicted octanol–water partition coefficient (Wildman–Crippen LogP) is 5.09. The van der Waals surface area contributed by atoms with Gasteiger partial charge < -0.3 is 19.3 Å². The lowest BCUT2D eigenvalue weighted by molar-refractivity contribution is -0.136. The Labute approximate surface area is 232 Å². The molecule has 2 aliphatic rings. The first-order valence-corrected chi connectivity index (χ1v) is 13.8. The van der Waals surface area contributed by atoms with Crippen molar-refractivity contribution in [2.24, 2.45) is 5.92 Å². The fourth-order valence-corrected chi connectivity index (χ4v) is 5.41. The van der Waals surface area contributed by atoms with Crippen molar-refractivity contribution in [1.29, 1.82) is 5.26 Å². The number of anilines is 1. The summed E-state index contributed by atoms with van der Waals surface area (Å²) >= 11 is 0. The first kappa shape index (κ1) is 27.7. The van der Waals surface area contributed by atoms with E-state index < -0.39 is 11.6 Å². The second-order valence-corrected chi connectivity index (χ2v) is 10.6. The van der Waals surface area contributed by atoms with Gasteiger partial charge in [-0.2, -0.15) is 5.26 Å². The lowest BCUT2D eigenvalue weighted by atomic mass is 10.1. The summed E-state index contributed by atoms with van der Waals surface area (Å²) in [5, 5.41) is 9.93. The number of carbonyl (C=O) groups excluding carboxylic acids is 1. The maximum Gasteiger partial charge on any atom is 0.225 e. The van der Waals surface area contributed by atoms with Crippen LogP contribution in [0.4, 0.5) is 14.6 Å². The van der Waals surface area contributed by atoms with Crippen LogP contribution in [0.2, 0.25) is 0 Å². The van der Waals surface area contributed by atoms with Gasteiger partial charge in [0.25, 0.3) is 0 Å². The number of nitrogens with zero attached hydrogens (tertiary/aromatic N) is 5. The van der Waals surface area contributed by atoms with Gasteiger partial charge in [-0.3, -0.25) is 4.79 Å². The van der Waals surface area contributed by atoms with E-state index in [0.717, 1.165) is 31.4 Å². The number of carbonyl (C=O) groups is 1. The van der Waals surface area contributed by atoms with Crippen LogP contribution in [0.25, 0.3) is 22.3 Å². The minimum atomic E-state index is -1.01. The van der Waals surface area contributed by atoms with E-state index in [1.807, 2.05) is 36.6 Å². The Morgan fingerprint density at radius 1 is 1.15 bits per heavy atom. The molecule has 0 radical (unpaired) electrons. The van der Waals surface area contributed by atoms with E-state index in [2.05, 4.69) is 6.07 Å². The first-order valence-electron chi connectivity index (χ1n) is 13.8. The monoisotopic (exact) mass is 549 g/mol. The molecule has 2 fully saturated rings. The molecule has 0 unspecified atom stereocenters. The van der Waals surface area contributed by atoms with Crippen LogP contribution < -0.4 is 9.64 Å². The lowest BCUT2D eigenvalue weighted by Crippen LogP contribution is -2.43. The summed E-state index contributed by atoms with van der Waals surface area (Å²) in [6.07, 6.45) is 2.21. The van der Waals surface area contributed by atoms with E-state index in [1.54, 1.807) is 12.1 Å². The number of hydrogen-bond acceptors (Lipinski definition) is 7. The molecule has 0 bridgehead atoms. The number of likely N-dealkylation sites (N-methyl/N-ethyl adjacent to an activating group) is 1. The average Bonchev–Trinajstić information content (AvgIpc) is 3.44. The van der Waals surface area contributed by atoms with Gasteiger partial charge in [0.05, 0.1) is 35.9 Å². The Morgan fingerprint density at radius 2 is 1.85 bits per heavy atom. The maximum absolute atomic E-state index is 14.1. The van der Waals surface area contributed by atoms with Gasteiger partial charge in [0.1, 0.15) is 23.6 Å². The summed E-state index contributed by atoms with van der Waals surface area (Å²) in [6.45, 7) is 8.71. The Hall–Kier alpha value is -3.84. The van der Waals surface area contributed by atoms with Crippen molar-refractivity contribution >= 4 is 22.8 Å². The Kier molecular flexibility index (Phi) is 8.12. The second kappa shape index (κ2) is 11.7. The van der Waals surface area contributed by atoms with Crippen LogP contribution in [0.5, 0.6) is 5.75 Å². The van der Waals surface area contributed by atoms with Crippen molar-refractivity contribution in [3.05, 3.63) is 47.5 Å². The number of ether oxygens (including phenoxy) is 2. The van der Waals surface area contributed by atoms with Gasteiger partial charge in [-0.05, 0) is 31.5 Å². The van der Waals surface area contributed by atoms with Crippen molar-refractivity contribution in [3.8, 4) is 23.1 Å². The molecule has 1 aromatic heterocycles. The molecule has 5 rings (SSSR count). The standard InChI is InChI=1S/C30H33F2N5O3/c1-4-37(30(38)18(2)3)21-7-10-36(17-21)29-28(34-25-14-23(31)24(32)15-26(25)35-29)19-5-6-27(20(13-19)16-33)40-22-8-11-39-12-9-22/h5-6,13-15,18,21-22H,4,7-12,17H2,1-3H3/t21-/m0/s1. The quantitative estimate of drug-likeness (QED) is 0.406. The minimum absolute atomic E-state index is 0.0138. The van der Waals surface area contributed by atoms with Crippen molar-refractivity contribution in [3.63, 3.8) is 0 Å². The molecule has 2 saturated heterocycles. The number of rotatable bonds is 7. The summed E-state index contributed by atoms with van der Waals surface area (Å²) in [5.74, 6) is -1.05. The molecule has 0 aliphatic carbocycles. The van der Waals surface area contributed by atoms with Crippen LogP contribution in [0, 0.1) is 28.9 Å². The third-order valence-electron chi connectivity index (χ3n) is 7.54. The molecule has 1 amide bonds. The van der Waals surface area contributed by atoms with Crippen LogP contribution in [0.15, 0.2) is 30.3 Å². The molecular weight excluding hydrogens is 516 g/mol. The fourth-order valence-electron chi connectivity index (χ4n) is 5.41. The lowest BCUT2D eigenvalue weighted by Gasteiger charge is -2.30. The summed E-state index contributed by atoms with van der Waals surface area (Å²) in [4.78, 5) is 26.2. The van der Waals surface area contributed by atoms with Crippen LogP contribution >= 0.6 is 0 Å². The second-order valence-electron chi connectivity index (χ2n) is 10.6. The third kappa shape index (κ3) is 5.56. The van der Waals surface area contributed by atoms with E-state index in [0.29, 0.717) is 61.2 Å². The maximum atomic E-state index is 14.1. The van der Waals surface area contributed by atoms with Gasteiger partial charge >= 0.3 is 0 Å². The number of benzene rings is 2. The average molecular weight is 550 g/mol. The normalized spacial score (nSPS) is 17.8. The van der Waals surface area contributed by atoms with Gasteiger partial charge in [0, 0.05) is 56.1 Å². The van der Waals surface area contributed by atoms with Crippen LogP contribution in [-0.2, 0) is 9.53 Å². The molecule has 3 heterocycles. The van der Waals surface area contributed by atoms with E-state index in [-0.39, 0.29) is 35.0 Å². The van der Waals surface area contributed by atoms with E-state index in [1.165, 1.54) is 0 Å². The number of nitriles is 1.